The van der Waals surface area contributed by atoms with Crippen LogP contribution in [0.1, 0.15) is 46.0 Å². The van der Waals surface area contributed by atoms with E-state index in [-0.39, 0.29) is 16.9 Å². The van der Waals surface area contributed by atoms with Crippen LogP contribution >= 0.6 is 23.4 Å². The number of thioether (sulfide) groups is 1. The number of carbonyl (C=O) groups excluding carboxylic acids is 1. The first-order valence-electron chi connectivity index (χ1n) is 7.63. The maximum Gasteiger partial charge on any atom is 0.306 e. The molecule has 0 bridgehead atoms. The summed E-state index contributed by atoms with van der Waals surface area (Å²) in [5, 5.41) is 0.852. The molecule has 0 aromatic carbocycles. The SMILES string of the molecule is CCCCC(CC)COC(=O)CCSc1ncc(Cl)nc1N. The smallest absolute Gasteiger partial charge is 0.306 e. The standard InChI is InChI=1S/C15H24ClN3O2S/c1-3-5-6-11(4-2)10-21-13(20)7-8-22-15-14(17)19-12(16)9-18-15/h9,11H,3-8,10H2,1-2H3,(H2,17,19). The van der Waals surface area contributed by atoms with E-state index in [1.54, 1.807) is 0 Å². The number of anilines is 1. The first kappa shape index (κ1) is 19.0. The van der Waals surface area contributed by atoms with Crippen LogP contribution in [0.4, 0.5) is 5.82 Å². The van der Waals surface area contributed by atoms with Gasteiger partial charge in [0.25, 0.3) is 0 Å². The minimum absolute atomic E-state index is 0.178. The fraction of sp³-hybridized carbons (Fsp3) is 0.667. The predicted molar refractivity (Wildman–Crippen MR) is 91.1 cm³/mol. The highest BCUT2D eigenvalue weighted by atomic mass is 35.5. The Hall–Kier alpha value is -1.01. The second-order valence-electron chi connectivity index (χ2n) is 5.08. The fourth-order valence-corrected chi connectivity index (χ4v) is 2.82. The third-order valence-electron chi connectivity index (χ3n) is 3.30. The molecular weight excluding hydrogens is 322 g/mol. The average molecular weight is 346 g/mol. The number of hydrogen-bond donors (Lipinski definition) is 1. The molecule has 1 heterocycles. The van der Waals surface area contributed by atoms with Crippen LogP contribution in [0.2, 0.25) is 5.15 Å². The number of carbonyl (C=O) groups is 1. The average Bonchev–Trinajstić information content (AvgIpc) is 2.49. The van der Waals surface area contributed by atoms with E-state index < -0.39 is 0 Å². The van der Waals surface area contributed by atoms with Crippen LogP contribution < -0.4 is 5.73 Å². The molecule has 22 heavy (non-hydrogen) atoms. The molecule has 124 valence electrons. The minimum Gasteiger partial charge on any atom is -0.465 e. The number of nitrogens with two attached hydrogens (primary N) is 1. The van der Waals surface area contributed by atoms with Crippen molar-refractivity contribution in [2.24, 2.45) is 5.92 Å². The van der Waals surface area contributed by atoms with Gasteiger partial charge in [-0.1, -0.05) is 44.7 Å². The summed E-state index contributed by atoms with van der Waals surface area (Å²) in [5.74, 6) is 1.14. The Bertz CT molecular complexity index is 474. The number of nitrogens with zero attached hydrogens (tertiary/aromatic N) is 2. The lowest BCUT2D eigenvalue weighted by Crippen LogP contribution is -2.14. The van der Waals surface area contributed by atoms with Crippen molar-refractivity contribution in [1.29, 1.82) is 0 Å². The van der Waals surface area contributed by atoms with Gasteiger partial charge in [-0.2, -0.15) is 0 Å². The molecule has 0 spiro atoms. The van der Waals surface area contributed by atoms with Gasteiger partial charge in [0.05, 0.1) is 19.2 Å². The lowest BCUT2D eigenvalue weighted by molar-refractivity contribution is -0.144. The van der Waals surface area contributed by atoms with Crippen LogP contribution in [0.5, 0.6) is 0 Å². The van der Waals surface area contributed by atoms with Crippen molar-refractivity contribution in [2.45, 2.75) is 51.0 Å². The molecule has 1 atom stereocenters. The Balaban J connectivity index is 2.25. The van der Waals surface area contributed by atoms with E-state index in [1.807, 2.05) is 0 Å². The first-order chi connectivity index (χ1) is 10.6. The molecule has 1 aromatic rings. The highest BCUT2D eigenvalue weighted by Crippen LogP contribution is 2.22. The number of unbranched alkanes of at least 4 members (excludes halogenated alkanes) is 1. The number of aromatic nitrogens is 2. The van der Waals surface area contributed by atoms with E-state index in [2.05, 4.69) is 23.8 Å². The van der Waals surface area contributed by atoms with Gasteiger partial charge in [0, 0.05) is 5.75 Å². The molecule has 0 saturated carbocycles. The van der Waals surface area contributed by atoms with E-state index in [4.69, 9.17) is 22.1 Å². The molecule has 0 fully saturated rings. The van der Waals surface area contributed by atoms with Gasteiger partial charge in [-0.05, 0) is 12.3 Å². The van der Waals surface area contributed by atoms with E-state index in [9.17, 15) is 4.79 Å². The lowest BCUT2D eigenvalue weighted by Gasteiger charge is -2.14. The van der Waals surface area contributed by atoms with Crippen molar-refractivity contribution in [2.75, 3.05) is 18.1 Å². The Morgan fingerprint density at radius 2 is 2.27 bits per heavy atom. The Morgan fingerprint density at radius 1 is 1.50 bits per heavy atom. The molecule has 5 nitrogen and oxygen atoms in total. The van der Waals surface area contributed by atoms with Gasteiger partial charge >= 0.3 is 5.97 Å². The van der Waals surface area contributed by atoms with Crippen LogP contribution in [0.25, 0.3) is 0 Å². The second kappa shape index (κ2) is 10.7. The molecule has 7 heteroatoms. The van der Waals surface area contributed by atoms with Gasteiger partial charge in [0.15, 0.2) is 5.82 Å². The lowest BCUT2D eigenvalue weighted by atomic mass is 10.0. The summed E-state index contributed by atoms with van der Waals surface area (Å²) in [4.78, 5) is 19.7. The van der Waals surface area contributed by atoms with E-state index in [0.717, 1.165) is 12.8 Å². The number of ether oxygens (including phenoxy) is 1. The summed E-state index contributed by atoms with van der Waals surface area (Å²) in [7, 11) is 0. The van der Waals surface area contributed by atoms with Crippen molar-refractivity contribution in [3.63, 3.8) is 0 Å². The summed E-state index contributed by atoms with van der Waals surface area (Å²) in [6, 6.07) is 0. The molecule has 0 radical (unpaired) electrons. The third-order valence-corrected chi connectivity index (χ3v) is 4.48. The van der Waals surface area contributed by atoms with Crippen molar-refractivity contribution < 1.29 is 9.53 Å². The second-order valence-corrected chi connectivity index (χ2v) is 6.55. The van der Waals surface area contributed by atoms with Crippen molar-refractivity contribution in [3.8, 4) is 0 Å². The van der Waals surface area contributed by atoms with Gasteiger partial charge in [0.2, 0.25) is 0 Å². The zero-order chi connectivity index (χ0) is 16.4. The van der Waals surface area contributed by atoms with Gasteiger partial charge in [0.1, 0.15) is 10.2 Å². The maximum atomic E-state index is 11.7. The molecular formula is C15H24ClN3O2S. The van der Waals surface area contributed by atoms with Crippen LogP contribution in [-0.2, 0) is 9.53 Å². The van der Waals surface area contributed by atoms with Crippen molar-refractivity contribution in [3.05, 3.63) is 11.3 Å². The number of nitrogen functional groups attached to an aromatic ring is 1. The molecule has 1 aromatic heterocycles. The minimum atomic E-state index is -0.178. The number of hydrogen-bond acceptors (Lipinski definition) is 6. The Labute approximate surface area is 141 Å². The Morgan fingerprint density at radius 3 is 2.91 bits per heavy atom. The monoisotopic (exact) mass is 345 g/mol. The maximum absolute atomic E-state index is 11.7. The first-order valence-corrected chi connectivity index (χ1v) is 8.99. The molecule has 0 saturated heterocycles. The molecule has 1 unspecified atom stereocenters. The molecule has 2 N–H and O–H groups in total. The topological polar surface area (TPSA) is 78.1 Å². The highest BCUT2D eigenvalue weighted by molar-refractivity contribution is 7.99. The van der Waals surface area contributed by atoms with Gasteiger partial charge in [-0.25, -0.2) is 9.97 Å². The van der Waals surface area contributed by atoms with Crippen LogP contribution in [0.15, 0.2) is 11.2 Å². The van der Waals surface area contributed by atoms with Crippen molar-refractivity contribution >= 4 is 35.1 Å². The van der Waals surface area contributed by atoms with E-state index >= 15 is 0 Å². The van der Waals surface area contributed by atoms with Crippen LogP contribution in [0.3, 0.4) is 0 Å². The van der Waals surface area contributed by atoms with Crippen LogP contribution in [-0.4, -0.2) is 28.3 Å². The fourth-order valence-electron chi connectivity index (χ4n) is 1.89. The van der Waals surface area contributed by atoms with Crippen LogP contribution in [0, 0.1) is 5.92 Å². The summed E-state index contributed by atoms with van der Waals surface area (Å²) in [6.07, 6.45) is 6.28. The summed E-state index contributed by atoms with van der Waals surface area (Å²) < 4.78 is 5.34. The molecule has 0 aliphatic heterocycles. The molecule has 1 rings (SSSR count). The zero-order valence-corrected chi connectivity index (χ0v) is 14.8. The molecule has 0 aliphatic rings. The predicted octanol–water partition coefficient (Wildman–Crippen LogP) is 3.95. The van der Waals surface area contributed by atoms with E-state index in [1.165, 1.54) is 30.8 Å². The summed E-state index contributed by atoms with van der Waals surface area (Å²) in [6.45, 7) is 4.82. The number of esters is 1. The normalized spacial score (nSPS) is 12.1. The summed E-state index contributed by atoms with van der Waals surface area (Å²) in [5.41, 5.74) is 5.71. The number of rotatable bonds is 10. The summed E-state index contributed by atoms with van der Waals surface area (Å²) >= 11 is 7.07. The third kappa shape index (κ3) is 7.31. The van der Waals surface area contributed by atoms with Gasteiger partial charge < -0.3 is 10.5 Å². The van der Waals surface area contributed by atoms with Crippen molar-refractivity contribution in [1.82, 2.24) is 9.97 Å². The van der Waals surface area contributed by atoms with Gasteiger partial charge in [-0.3, -0.25) is 4.79 Å². The highest BCUT2D eigenvalue weighted by Gasteiger charge is 2.11. The Kier molecular flexibility index (Phi) is 9.24. The molecule has 0 amide bonds. The largest absolute Gasteiger partial charge is 0.465 e. The van der Waals surface area contributed by atoms with Gasteiger partial charge in [-0.15, -0.1) is 11.8 Å². The molecule has 0 aliphatic carbocycles. The van der Waals surface area contributed by atoms with E-state index in [0.29, 0.717) is 29.7 Å². The number of halogens is 1. The quantitative estimate of drug-likeness (QED) is 0.511. The zero-order valence-electron chi connectivity index (χ0n) is 13.2.